The topological polar surface area (TPSA) is 57.1 Å². The summed E-state index contributed by atoms with van der Waals surface area (Å²) in [5.74, 6) is -0.495. The standard InChI is InChI=1S/C15H18BrNO4/c1-19-15(18)13(10-11-5-4-6-12(16)9-11)17-21-14-7-2-3-8-20-14/h4-6,9,14H,2-3,7-8,10H2,1H3/b17-13-. The molecule has 1 unspecified atom stereocenters. The van der Waals surface area contributed by atoms with Crippen molar-refractivity contribution in [2.24, 2.45) is 5.16 Å². The highest BCUT2D eigenvalue weighted by Crippen LogP contribution is 2.15. The Hall–Kier alpha value is -1.40. The number of hydrogen-bond acceptors (Lipinski definition) is 5. The van der Waals surface area contributed by atoms with E-state index in [0.717, 1.165) is 29.3 Å². The van der Waals surface area contributed by atoms with Crippen molar-refractivity contribution < 1.29 is 19.1 Å². The van der Waals surface area contributed by atoms with Crippen LogP contribution < -0.4 is 0 Å². The molecule has 0 radical (unpaired) electrons. The zero-order valence-electron chi connectivity index (χ0n) is 11.9. The molecule has 1 saturated heterocycles. The SMILES string of the molecule is COC(=O)/C(Cc1cccc(Br)c1)=N\OC1CCCCO1. The van der Waals surface area contributed by atoms with Crippen LogP contribution in [0.5, 0.6) is 0 Å². The van der Waals surface area contributed by atoms with Gasteiger partial charge in [0.1, 0.15) is 0 Å². The largest absolute Gasteiger partial charge is 0.464 e. The van der Waals surface area contributed by atoms with Crippen molar-refractivity contribution in [2.75, 3.05) is 13.7 Å². The molecule has 0 spiro atoms. The van der Waals surface area contributed by atoms with Gasteiger partial charge in [-0.3, -0.25) is 0 Å². The summed E-state index contributed by atoms with van der Waals surface area (Å²) in [5, 5.41) is 3.94. The lowest BCUT2D eigenvalue weighted by molar-refractivity contribution is -0.163. The molecule has 1 aliphatic heterocycles. The normalized spacial score (nSPS) is 19.1. The maximum Gasteiger partial charge on any atom is 0.356 e. The van der Waals surface area contributed by atoms with Gasteiger partial charge in [-0.05, 0) is 30.5 Å². The minimum Gasteiger partial charge on any atom is -0.464 e. The predicted octanol–water partition coefficient (Wildman–Crippen LogP) is 3.06. The number of esters is 1. The summed E-state index contributed by atoms with van der Waals surface area (Å²) in [6.45, 7) is 0.666. The van der Waals surface area contributed by atoms with Crippen LogP contribution in [0, 0.1) is 0 Å². The quantitative estimate of drug-likeness (QED) is 0.462. The fraction of sp³-hybridized carbons (Fsp3) is 0.467. The van der Waals surface area contributed by atoms with Gasteiger partial charge in [-0.1, -0.05) is 33.2 Å². The van der Waals surface area contributed by atoms with Gasteiger partial charge in [0.25, 0.3) is 0 Å². The molecule has 0 aliphatic carbocycles. The van der Waals surface area contributed by atoms with E-state index in [1.165, 1.54) is 7.11 Å². The van der Waals surface area contributed by atoms with Crippen LogP contribution >= 0.6 is 15.9 Å². The number of nitrogens with zero attached hydrogens (tertiary/aromatic N) is 1. The van der Waals surface area contributed by atoms with E-state index in [1.807, 2.05) is 24.3 Å². The first kappa shape index (κ1) is 16.0. The van der Waals surface area contributed by atoms with Crippen molar-refractivity contribution in [3.8, 4) is 0 Å². The van der Waals surface area contributed by atoms with Gasteiger partial charge >= 0.3 is 5.97 Å². The summed E-state index contributed by atoms with van der Waals surface area (Å²) in [6, 6.07) is 7.67. The first-order chi connectivity index (χ1) is 10.2. The molecule has 21 heavy (non-hydrogen) atoms. The lowest BCUT2D eigenvalue weighted by Gasteiger charge is -2.20. The number of hydrogen-bond donors (Lipinski definition) is 0. The number of benzene rings is 1. The fourth-order valence-electron chi connectivity index (χ4n) is 2.02. The second kappa shape index (κ2) is 8.14. The Bertz CT molecular complexity index is 512. The Morgan fingerprint density at radius 2 is 2.33 bits per heavy atom. The van der Waals surface area contributed by atoms with Crippen LogP contribution in [0.3, 0.4) is 0 Å². The Labute approximate surface area is 132 Å². The maximum atomic E-state index is 11.8. The van der Waals surface area contributed by atoms with Gasteiger partial charge in [-0.2, -0.15) is 0 Å². The van der Waals surface area contributed by atoms with Crippen LogP contribution in [0.2, 0.25) is 0 Å². The average molecular weight is 356 g/mol. The van der Waals surface area contributed by atoms with Crippen molar-refractivity contribution >= 4 is 27.6 Å². The van der Waals surface area contributed by atoms with Crippen LogP contribution in [0.25, 0.3) is 0 Å². The fourth-order valence-corrected chi connectivity index (χ4v) is 2.46. The number of carbonyl (C=O) groups excluding carboxylic acids is 1. The lowest BCUT2D eigenvalue weighted by Crippen LogP contribution is -2.24. The molecule has 1 aromatic carbocycles. The van der Waals surface area contributed by atoms with Crippen LogP contribution in [-0.2, 0) is 25.5 Å². The van der Waals surface area contributed by atoms with Gasteiger partial charge < -0.3 is 14.3 Å². The minimum atomic E-state index is -0.495. The van der Waals surface area contributed by atoms with E-state index in [9.17, 15) is 4.79 Å². The van der Waals surface area contributed by atoms with Crippen molar-refractivity contribution in [1.29, 1.82) is 0 Å². The summed E-state index contributed by atoms with van der Waals surface area (Å²) in [6.07, 6.45) is 2.83. The molecule has 6 heteroatoms. The van der Waals surface area contributed by atoms with E-state index in [4.69, 9.17) is 14.3 Å². The van der Waals surface area contributed by atoms with Crippen molar-refractivity contribution in [1.82, 2.24) is 0 Å². The molecule has 1 heterocycles. The first-order valence-corrected chi connectivity index (χ1v) is 7.65. The predicted molar refractivity (Wildman–Crippen MR) is 82.0 cm³/mol. The monoisotopic (exact) mass is 355 g/mol. The Balaban J connectivity index is 2.04. The smallest absolute Gasteiger partial charge is 0.356 e. The average Bonchev–Trinajstić information content (AvgIpc) is 2.51. The molecule has 1 atom stereocenters. The first-order valence-electron chi connectivity index (χ1n) is 6.86. The summed E-state index contributed by atoms with van der Waals surface area (Å²) in [5.41, 5.74) is 1.17. The van der Waals surface area contributed by atoms with Crippen LogP contribution in [0.1, 0.15) is 24.8 Å². The van der Waals surface area contributed by atoms with Crippen molar-refractivity contribution in [3.05, 3.63) is 34.3 Å². The van der Waals surface area contributed by atoms with Gasteiger partial charge in [0.05, 0.1) is 13.7 Å². The third-order valence-corrected chi connectivity index (χ3v) is 3.59. The lowest BCUT2D eigenvalue weighted by atomic mass is 10.1. The van der Waals surface area contributed by atoms with Crippen LogP contribution in [0.15, 0.2) is 33.9 Å². The Morgan fingerprint density at radius 3 is 3.00 bits per heavy atom. The highest BCUT2D eigenvalue weighted by Gasteiger charge is 2.18. The summed E-state index contributed by atoms with van der Waals surface area (Å²) in [7, 11) is 1.33. The number of methoxy groups -OCH3 is 1. The second-order valence-corrected chi connectivity index (χ2v) is 5.65. The third-order valence-electron chi connectivity index (χ3n) is 3.10. The van der Waals surface area contributed by atoms with Gasteiger partial charge in [-0.25, -0.2) is 4.79 Å². The molecule has 2 rings (SSSR count). The summed E-state index contributed by atoms with van der Waals surface area (Å²) in [4.78, 5) is 17.1. The number of ether oxygens (including phenoxy) is 2. The van der Waals surface area contributed by atoms with Crippen molar-refractivity contribution in [3.63, 3.8) is 0 Å². The second-order valence-electron chi connectivity index (χ2n) is 4.74. The molecule has 5 nitrogen and oxygen atoms in total. The molecule has 0 bridgehead atoms. The Kier molecular flexibility index (Phi) is 6.20. The molecule has 1 aliphatic rings. The van der Waals surface area contributed by atoms with E-state index in [2.05, 4.69) is 21.1 Å². The van der Waals surface area contributed by atoms with Gasteiger partial charge in [0, 0.05) is 17.3 Å². The van der Waals surface area contributed by atoms with Crippen LogP contribution in [-0.4, -0.2) is 31.7 Å². The highest BCUT2D eigenvalue weighted by molar-refractivity contribution is 9.10. The van der Waals surface area contributed by atoms with E-state index < -0.39 is 5.97 Å². The summed E-state index contributed by atoms with van der Waals surface area (Å²) >= 11 is 3.40. The molecule has 0 aromatic heterocycles. The van der Waals surface area contributed by atoms with Gasteiger partial charge in [-0.15, -0.1) is 0 Å². The summed E-state index contributed by atoms with van der Waals surface area (Å²) < 4.78 is 11.1. The van der Waals surface area contributed by atoms with E-state index >= 15 is 0 Å². The van der Waals surface area contributed by atoms with Crippen LogP contribution in [0.4, 0.5) is 0 Å². The molecule has 0 saturated carbocycles. The van der Waals surface area contributed by atoms with E-state index in [0.29, 0.717) is 13.0 Å². The molecule has 1 aromatic rings. The molecule has 1 fully saturated rings. The van der Waals surface area contributed by atoms with Gasteiger partial charge in [0.15, 0.2) is 5.71 Å². The molecule has 114 valence electrons. The molecular weight excluding hydrogens is 338 g/mol. The number of halogens is 1. The van der Waals surface area contributed by atoms with Crippen molar-refractivity contribution in [2.45, 2.75) is 32.0 Å². The zero-order valence-corrected chi connectivity index (χ0v) is 13.5. The highest BCUT2D eigenvalue weighted by atomic mass is 79.9. The van der Waals surface area contributed by atoms with E-state index in [-0.39, 0.29) is 12.0 Å². The maximum absolute atomic E-state index is 11.8. The number of rotatable bonds is 5. The van der Waals surface area contributed by atoms with E-state index in [1.54, 1.807) is 0 Å². The molecular formula is C15H18BrNO4. The number of carbonyl (C=O) groups is 1. The molecule has 0 N–H and O–H groups in total. The third kappa shape index (κ3) is 5.13. The van der Waals surface area contributed by atoms with Gasteiger partial charge in [0.2, 0.25) is 6.29 Å². The number of oxime groups is 1. The molecule has 0 amide bonds. The minimum absolute atomic E-state index is 0.227. The Morgan fingerprint density at radius 1 is 1.48 bits per heavy atom. The zero-order chi connectivity index (χ0) is 15.1.